The van der Waals surface area contributed by atoms with Crippen LogP contribution in [0.4, 0.5) is 0 Å². The highest BCUT2D eigenvalue weighted by molar-refractivity contribution is 5.86. The molecule has 0 N–H and O–H groups in total. The normalized spacial score (nSPS) is 23.0. The van der Waals surface area contributed by atoms with Crippen molar-refractivity contribution in [2.75, 3.05) is 27.4 Å². The molecule has 0 aromatic rings. The largest absolute Gasteiger partial charge is 0.469 e. The molecular formula is C10H17NO4. The minimum absolute atomic E-state index is 0.00468. The average molecular weight is 215 g/mol. The molecule has 15 heavy (non-hydrogen) atoms. The first kappa shape index (κ1) is 12.0. The zero-order chi connectivity index (χ0) is 11.4. The van der Waals surface area contributed by atoms with Gasteiger partial charge in [0.25, 0.3) is 0 Å². The van der Waals surface area contributed by atoms with E-state index in [1.165, 1.54) is 7.11 Å². The lowest BCUT2D eigenvalue weighted by atomic mass is 10.1. The summed E-state index contributed by atoms with van der Waals surface area (Å²) in [6, 6.07) is 0.0113. The molecule has 1 fully saturated rings. The third kappa shape index (κ3) is 2.68. The minimum Gasteiger partial charge on any atom is -0.469 e. The molecule has 1 heterocycles. The van der Waals surface area contributed by atoms with Crippen molar-refractivity contribution in [1.29, 1.82) is 0 Å². The number of carbonyl (C=O) groups is 2. The number of ether oxygens (including phenoxy) is 2. The molecule has 0 aliphatic carbocycles. The van der Waals surface area contributed by atoms with Crippen LogP contribution in [0.2, 0.25) is 0 Å². The molecule has 0 radical (unpaired) electrons. The van der Waals surface area contributed by atoms with E-state index in [-0.39, 0.29) is 30.3 Å². The molecule has 0 bridgehead atoms. The van der Waals surface area contributed by atoms with Gasteiger partial charge in [0.1, 0.15) is 0 Å². The van der Waals surface area contributed by atoms with Gasteiger partial charge in [-0.05, 0) is 6.92 Å². The van der Waals surface area contributed by atoms with Crippen LogP contribution in [0.15, 0.2) is 0 Å². The van der Waals surface area contributed by atoms with E-state index < -0.39 is 0 Å². The van der Waals surface area contributed by atoms with Gasteiger partial charge in [-0.3, -0.25) is 9.59 Å². The Hall–Kier alpha value is -1.10. The van der Waals surface area contributed by atoms with Gasteiger partial charge in [-0.25, -0.2) is 0 Å². The number of hydrogen-bond acceptors (Lipinski definition) is 4. The molecule has 1 rings (SSSR count). The van der Waals surface area contributed by atoms with Gasteiger partial charge >= 0.3 is 5.97 Å². The maximum atomic E-state index is 11.6. The van der Waals surface area contributed by atoms with E-state index in [9.17, 15) is 9.59 Å². The number of rotatable bonds is 4. The van der Waals surface area contributed by atoms with E-state index in [4.69, 9.17) is 4.74 Å². The lowest BCUT2D eigenvalue weighted by Crippen LogP contribution is -2.37. The highest BCUT2D eigenvalue weighted by Gasteiger charge is 2.37. The van der Waals surface area contributed by atoms with E-state index >= 15 is 0 Å². The summed E-state index contributed by atoms with van der Waals surface area (Å²) in [4.78, 5) is 24.5. The molecule has 1 amide bonds. The van der Waals surface area contributed by atoms with E-state index in [2.05, 4.69) is 4.74 Å². The van der Waals surface area contributed by atoms with Crippen molar-refractivity contribution >= 4 is 11.9 Å². The Balaban J connectivity index is 2.56. The summed E-state index contributed by atoms with van der Waals surface area (Å²) >= 11 is 0. The summed E-state index contributed by atoms with van der Waals surface area (Å²) in [5.41, 5.74) is 0. The molecule has 0 spiro atoms. The number of likely N-dealkylation sites (tertiary alicyclic amines) is 1. The summed E-state index contributed by atoms with van der Waals surface area (Å²) in [7, 11) is 2.93. The number of carbonyl (C=O) groups excluding carboxylic acids is 2. The average Bonchev–Trinajstić information content (AvgIpc) is 2.59. The van der Waals surface area contributed by atoms with Gasteiger partial charge in [0.2, 0.25) is 5.91 Å². The first-order valence-electron chi connectivity index (χ1n) is 4.96. The molecule has 1 saturated heterocycles. The van der Waals surface area contributed by atoms with Gasteiger partial charge in [-0.1, -0.05) is 0 Å². The Kier molecular flexibility index (Phi) is 4.08. The summed E-state index contributed by atoms with van der Waals surface area (Å²) < 4.78 is 9.60. The Bertz CT molecular complexity index is 254. The Morgan fingerprint density at radius 2 is 2.27 bits per heavy atom. The van der Waals surface area contributed by atoms with Crippen LogP contribution in [-0.4, -0.2) is 50.2 Å². The Labute approximate surface area is 89.3 Å². The maximum Gasteiger partial charge on any atom is 0.310 e. The number of nitrogens with zero attached hydrogens (tertiary/aromatic N) is 1. The second-order valence-corrected chi connectivity index (χ2v) is 3.77. The van der Waals surface area contributed by atoms with Crippen LogP contribution in [0, 0.1) is 5.92 Å². The molecule has 0 aromatic heterocycles. The fourth-order valence-corrected chi connectivity index (χ4v) is 1.81. The second-order valence-electron chi connectivity index (χ2n) is 3.77. The standard InChI is InChI=1S/C10H17NO4/c1-7(6-14-2)11-5-8(4-9(11)12)10(13)15-3/h7-8H,4-6H2,1-3H3/t7-,8-/m1/s1. The van der Waals surface area contributed by atoms with Crippen LogP contribution in [-0.2, 0) is 19.1 Å². The highest BCUT2D eigenvalue weighted by atomic mass is 16.5. The van der Waals surface area contributed by atoms with Crippen molar-refractivity contribution in [2.24, 2.45) is 5.92 Å². The molecular weight excluding hydrogens is 198 g/mol. The van der Waals surface area contributed by atoms with Gasteiger partial charge in [-0.15, -0.1) is 0 Å². The zero-order valence-electron chi connectivity index (χ0n) is 9.36. The van der Waals surface area contributed by atoms with Crippen molar-refractivity contribution in [1.82, 2.24) is 4.90 Å². The third-order valence-electron chi connectivity index (χ3n) is 2.63. The molecule has 0 aromatic carbocycles. The SMILES string of the molecule is COC[C@@H](C)N1C[C@H](C(=O)OC)CC1=O. The predicted octanol–water partition coefficient (Wildman–Crippen LogP) is 0.0428. The summed E-state index contributed by atoms with van der Waals surface area (Å²) in [5, 5.41) is 0. The van der Waals surface area contributed by atoms with E-state index in [1.807, 2.05) is 6.92 Å². The monoisotopic (exact) mass is 215 g/mol. The Morgan fingerprint density at radius 3 is 2.80 bits per heavy atom. The smallest absolute Gasteiger partial charge is 0.310 e. The van der Waals surface area contributed by atoms with Crippen LogP contribution in [0.5, 0.6) is 0 Å². The molecule has 86 valence electrons. The summed E-state index contributed by atoms with van der Waals surface area (Å²) in [6.45, 7) is 2.83. The minimum atomic E-state index is -0.318. The fraction of sp³-hybridized carbons (Fsp3) is 0.800. The molecule has 2 atom stereocenters. The number of esters is 1. The molecule has 1 aliphatic rings. The first-order chi connectivity index (χ1) is 7.10. The van der Waals surface area contributed by atoms with E-state index in [1.54, 1.807) is 12.0 Å². The molecule has 1 aliphatic heterocycles. The first-order valence-corrected chi connectivity index (χ1v) is 4.96. The topological polar surface area (TPSA) is 55.8 Å². The van der Waals surface area contributed by atoms with Crippen molar-refractivity contribution in [2.45, 2.75) is 19.4 Å². The van der Waals surface area contributed by atoms with Crippen LogP contribution < -0.4 is 0 Å². The second kappa shape index (κ2) is 5.11. The van der Waals surface area contributed by atoms with Crippen LogP contribution in [0.25, 0.3) is 0 Å². The number of amides is 1. The summed E-state index contributed by atoms with van der Waals surface area (Å²) in [5.74, 6) is -0.632. The van der Waals surface area contributed by atoms with Crippen LogP contribution in [0.1, 0.15) is 13.3 Å². The van der Waals surface area contributed by atoms with Gasteiger partial charge in [0.15, 0.2) is 0 Å². The van der Waals surface area contributed by atoms with Gasteiger partial charge in [0, 0.05) is 20.1 Å². The lowest BCUT2D eigenvalue weighted by molar-refractivity contribution is -0.145. The van der Waals surface area contributed by atoms with Gasteiger partial charge in [-0.2, -0.15) is 0 Å². The molecule has 5 nitrogen and oxygen atoms in total. The maximum absolute atomic E-state index is 11.6. The van der Waals surface area contributed by atoms with Crippen LogP contribution in [0.3, 0.4) is 0 Å². The molecule has 0 unspecified atom stereocenters. The van der Waals surface area contributed by atoms with Gasteiger partial charge in [0.05, 0.1) is 25.7 Å². The quantitative estimate of drug-likeness (QED) is 0.621. The van der Waals surface area contributed by atoms with Crippen molar-refractivity contribution in [3.8, 4) is 0 Å². The van der Waals surface area contributed by atoms with Gasteiger partial charge < -0.3 is 14.4 Å². The summed E-state index contributed by atoms with van der Waals surface area (Å²) in [6.07, 6.45) is 0.251. The highest BCUT2D eigenvalue weighted by Crippen LogP contribution is 2.21. The predicted molar refractivity (Wildman–Crippen MR) is 53.2 cm³/mol. The molecule has 5 heteroatoms. The number of methoxy groups -OCH3 is 2. The van der Waals surface area contributed by atoms with Crippen molar-refractivity contribution in [3.63, 3.8) is 0 Å². The van der Waals surface area contributed by atoms with Crippen LogP contribution >= 0.6 is 0 Å². The van der Waals surface area contributed by atoms with E-state index in [0.717, 1.165) is 0 Å². The third-order valence-corrected chi connectivity index (χ3v) is 2.63. The van der Waals surface area contributed by atoms with Crippen molar-refractivity contribution in [3.05, 3.63) is 0 Å². The molecule has 0 saturated carbocycles. The lowest BCUT2D eigenvalue weighted by Gasteiger charge is -2.23. The van der Waals surface area contributed by atoms with E-state index in [0.29, 0.717) is 13.2 Å². The van der Waals surface area contributed by atoms with Crippen molar-refractivity contribution < 1.29 is 19.1 Å². The zero-order valence-corrected chi connectivity index (χ0v) is 9.36. The Morgan fingerprint density at radius 1 is 1.60 bits per heavy atom. The number of hydrogen-bond donors (Lipinski definition) is 0. The fourth-order valence-electron chi connectivity index (χ4n) is 1.81.